The zero-order chi connectivity index (χ0) is 16.9. The summed E-state index contributed by atoms with van der Waals surface area (Å²) in [4.78, 5) is 12.0. The molecule has 1 aliphatic rings. The van der Waals surface area contributed by atoms with Crippen LogP contribution in [-0.4, -0.2) is 22.5 Å². The molecule has 24 heavy (non-hydrogen) atoms. The van der Waals surface area contributed by atoms with E-state index in [0.717, 1.165) is 11.1 Å². The Morgan fingerprint density at radius 1 is 1.17 bits per heavy atom. The fourth-order valence-electron chi connectivity index (χ4n) is 2.22. The average molecular weight is 358 g/mol. The van der Waals surface area contributed by atoms with Gasteiger partial charge in [0.1, 0.15) is 0 Å². The Kier molecular flexibility index (Phi) is 5.33. The molecule has 1 aliphatic heterocycles. The first-order valence-corrected chi connectivity index (χ1v) is 8.75. The molecule has 0 bridgehead atoms. The van der Waals surface area contributed by atoms with Crippen LogP contribution in [0, 0.1) is 6.92 Å². The van der Waals surface area contributed by atoms with Crippen molar-refractivity contribution in [2.75, 3.05) is 0 Å². The number of hydrogen-bond donors (Lipinski definition) is 1. The molecule has 122 valence electrons. The molecule has 1 unspecified atom stereocenters. The molecule has 0 aliphatic carbocycles. The second-order valence-electron chi connectivity index (χ2n) is 5.49. The van der Waals surface area contributed by atoms with E-state index in [1.165, 1.54) is 17.3 Å². The predicted octanol–water partition coefficient (Wildman–Crippen LogP) is 3.81. The van der Waals surface area contributed by atoms with Gasteiger partial charge in [0.2, 0.25) is 5.91 Å². The van der Waals surface area contributed by atoms with E-state index in [4.69, 9.17) is 11.6 Å². The summed E-state index contributed by atoms with van der Waals surface area (Å²) in [5.74, 6) is -0.0268. The summed E-state index contributed by atoms with van der Waals surface area (Å²) in [5.41, 5.74) is 3.24. The summed E-state index contributed by atoms with van der Waals surface area (Å²) in [5, 5.41) is 11.9. The first-order chi connectivity index (χ1) is 11.6. The Bertz CT molecular complexity index is 785. The number of nitrogens with zero attached hydrogens (tertiary/aromatic N) is 2. The second kappa shape index (κ2) is 7.64. The fraction of sp³-hybridized carbons (Fsp3) is 0.167. The van der Waals surface area contributed by atoms with Crippen LogP contribution in [0.3, 0.4) is 0 Å². The SMILES string of the molecule is Cc1ccc(CC2S/C(=N\N=C\c3ccc(Cl)cc3)NC2=O)cc1. The largest absolute Gasteiger partial charge is 0.303 e. The quantitative estimate of drug-likeness (QED) is 0.668. The lowest BCUT2D eigenvalue weighted by Crippen LogP contribution is -2.25. The zero-order valence-corrected chi connectivity index (χ0v) is 14.6. The monoisotopic (exact) mass is 357 g/mol. The minimum absolute atomic E-state index is 0.0268. The number of benzene rings is 2. The van der Waals surface area contributed by atoms with Gasteiger partial charge in [0, 0.05) is 5.02 Å². The molecule has 3 rings (SSSR count). The number of thioether (sulfide) groups is 1. The van der Waals surface area contributed by atoms with Crippen molar-refractivity contribution in [3.8, 4) is 0 Å². The van der Waals surface area contributed by atoms with E-state index in [1.807, 2.05) is 19.1 Å². The highest BCUT2D eigenvalue weighted by atomic mass is 35.5. The van der Waals surface area contributed by atoms with Gasteiger partial charge >= 0.3 is 0 Å². The van der Waals surface area contributed by atoms with Gasteiger partial charge in [-0.05, 0) is 36.6 Å². The maximum Gasteiger partial charge on any atom is 0.239 e. The Hall–Kier alpha value is -2.11. The summed E-state index contributed by atoms with van der Waals surface area (Å²) in [6, 6.07) is 15.5. The van der Waals surface area contributed by atoms with Crippen LogP contribution >= 0.6 is 23.4 Å². The smallest absolute Gasteiger partial charge is 0.239 e. The molecule has 2 aromatic carbocycles. The van der Waals surface area contributed by atoms with Gasteiger partial charge < -0.3 is 5.32 Å². The minimum Gasteiger partial charge on any atom is -0.303 e. The average Bonchev–Trinajstić information content (AvgIpc) is 2.91. The molecule has 1 saturated heterocycles. The molecule has 0 spiro atoms. The molecule has 1 N–H and O–H groups in total. The Morgan fingerprint density at radius 3 is 2.58 bits per heavy atom. The van der Waals surface area contributed by atoms with Gasteiger partial charge in [-0.3, -0.25) is 4.79 Å². The third-order valence-corrected chi connectivity index (χ3v) is 4.87. The van der Waals surface area contributed by atoms with Crippen LogP contribution < -0.4 is 5.32 Å². The molecule has 0 saturated carbocycles. The third kappa shape index (κ3) is 4.46. The standard InChI is InChI=1S/C18H16ClN3OS/c1-12-2-4-13(5-3-12)10-16-17(23)21-18(24-16)22-20-11-14-6-8-15(19)9-7-14/h2-9,11,16H,10H2,1H3,(H,21,22,23)/b20-11+. The third-order valence-electron chi connectivity index (χ3n) is 3.54. The highest BCUT2D eigenvalue weighted by Gasteiger charge is 2.30. The topological polar surface area (TPSA) is 53.8 Å². The molecule has 1 atom stereocenters. The summed E-state index contributed by atoms with van der Waals surface area (Å²) >= 11 is 7.24. The molecule has 4 nitrogen and oxygen atoms in total. The number of hydrogen-bond acceptors (Lipinski definition) is 4. The van der Waals surface area contributed by atoms with Crippen LogP contribution in [0.25, 0.3) is 0 Å². The summed E-state index contributed by atoms with van der Waals surface area (Å²) in [7, 11) is 0. The molecule has 1 amide bonds. The van der Waals surface area contributed by atoms with Crippen LogP contribution in [0.15, 0.2) is 58.7 Å². The van der Waals surface area contributed by atoms with E-state index in [2.05, 4.69) is 39.8 Å². The van der Waals surface area contributed by atoms with Crippen molar-refractivity contribution < 1.29 is 4.79 Å². The predicted molar refractivity (Wildman–Crippen MR) is 101 cm³/mol. The van der Waals surface area contributed by atoms with Crippen molar-refractivity contribution in [3.05, 3.63) is 70.2 Å². The number of amidine groups is 1. The van der Waals surface area contributed by atoms with Crippen LogP contribution in [0.4, 0.5) is 0 Å². The highest BCUT2D eigenvalue weighted by molar-refractivity contribution is 8.15. The van der Waals surface area contributed by atoms with Crippen LogP contribution in [0.5, 0.6) is 0 Å². The lowest BCUT2D eigenvalue weighted by molar-refractivity contribution is -0.118. The van der Waals surface area contributed by atoms with Gasteiger partial charge in [0.25, 0.3) is 0 Å². The highest BCUT2D eigenvalue weighted by Crippen LogP contribution is 2.23. The van der Waals surface area contributed by atoms with E-state index in [9.17, 15) is 4.79 Å². The molecular weight excluding hydrogens is 342 g/mol. The van der Waals surface area contributed by atoms with Crippen LogP contribution in [-0.2, 0) is 11.2 Å². The van der Waals surface area contributed by atoms with Gasteiger partial charge in [0.05, 0.1) is 11.5 Å². The molecule has 0 radical (unpaired) electrons. The normalized spacial score (nSPS) is 19.2. The molecule has 0 aromatic heterocycles. The van der Waals surface area contributed by atoms with Gasteiger partial charge in [-0.25, -0.2) is 0 Å². The number of nitrogens with one attached hydrogen (secondary N) is 1. The summed E-state index contributed by atoms with van der Waals surface area (Å²) in [6.07, 6.45) is 2.31. The number of halogens is 1. The number of carbonyl (C=O) groups is 1. The number of amides is 1. The number of aryl methyl sites for hydroxylation is 1. The Balaban J connectivity index is 1.61. The van der Waals surface area contributed by atoms with Crippen molar-refractivity contribution in [2.45, 2.75) is 18.6 Å². The van der Waals surface area contributed by atoms with Crippen LogP contribution in [0.1, 0.15) is 16.7 Å². The van der Waals surface area contributed by atoms with Crippen molar-refractivity contribution >= 4 is 40.7 Å². The van der Waals surface area contributed by atoms with Gasteiger partial charge in [-0.2, -0.15) is 5.10 Å². The van der Waals surface area contributed by atoms with E-state index in [-0.39, 0.29) is 11.2 Å². The van der Waals surface area contributed by atoms with Crippen molar-refractivity contribution in [1.82, 2.24) is 5.32 Å². The Morgan fingerprint density at radius 2 is 1.88 bits per heavy atom. The zero-order valence-electron chi connectivity index (χ0n) is 13.1. The summed E-state index contributed by atoms with van der Waals surface area (Å²) in [6.45, 7) is 2.05. The van der Waals surface area contributed by atoms with E-state index < -0.39 is 0 Å². The molecular formula is C18H16ClN3OS. The minimum atomic E-state index is -0.169. The lowest BCUT2D eigenvalue weighted by Gasteiger charge is -2.05. The first-order valence-electron chi connectivity index (χ1n) is 7.50. The lowest BCUT2D eigenvalue weighted by atomic mass is 10.1. The summed E-state index contributed by atoms with van der Waals surface area (Å²) < 4.78 is 0. The number of rotatable bonds is 4. The van der Waals surface area contributed by atoms with E-state index >= 15 is 0 Å². The van der Waals surface area contributed by atoms with Crippen molar-refractivity contribution in [3.63, 3.8) is 0 Å². The van der Waals surface area contributed by atoms with Gasteiger partial charge in [0.15, 0.2) is 5.17 Å². The van der Waals surface area contributed by atoms with Gasteiger partial charge in [-0.15, -0.1) is 5.10 Å². The maximum absolute atomic E-state index is 12.0. The van der Waals surface area contributed by atoms with Crippen molar-refractivity contribution in [2.24, 2.45) is 10.2 Å². The molecule has 6 heteroatoms. The van der Waals surface area contributed by atoms with E-state index in [1.54, 1.807) is 18.3 Å². The fourth-order valence-corrected chi connectivity index (χ4v) is 3.31. The molecule has 1 fully saturated rings. The maximum atomic E-state index is 12.0. The van der Waals surface area contributed by atoms with Crippen molar-refractivity contribution in [1.29, 1.82) is 0 Å². The molecule has 1 heterocycles. The first kappa shape index (κ1) is 16.7. The molecule has 2 aromatic rings. The van der Waals surface area contributed by atoms with Crippen LogP contribution in [0.2, 0.25) is 5.02 Å². The second-order valence-corrected chi connectivity index (χ2v) is 7.11. The van der Waals surface area contributed by atoms with E-state index in [0.29, 0.717) is 16.6 Å². The Labute approximate surface area is 150 Å². The van der Waals surface area contributed by atoms with Gasteiger partial charge in [-0.1, -0.05) is 65.3 Å². The number of carbonyl (C=O) groups excluding carboxylic acids is 1.